The van der Waals surface area contributed by atoms with Gasteiger partial charge >= 0.3 is 6.18 Å². The molecule has 4 nitrogen and oxygen atoms in total. The van der Waals surface area contributed by atoms with Gasteiger partial charge < -0.3 is 20.7 Å². The highest BCUT2D eigenvalue weighted by molar-refractivity contribution is 5.68. The summed E-state index contributed by atoms with van der Waals surface area (Å²) < 4.78 is 43.8. The van der Waals surface area contributed by atoms with Gasteiger partial charge in [0.25, 0.3) is 0 Å². The van der Waals surface area contributed by atoms with E-state index < -0.39 is 12.1 Å². The van der Waals surface area contributed by atoms with Gasteiger partial charge in [-0.15, -0.1) is 0 Å². The molecule has 3 N–H and O–H groups in total. The number of hydrogen-bond acceptors (Lipinski definition) is 4. The molecule has 27 heavy (non-hydrogen) atoms. The molecule has 2 aromatic rings. The van der Waals surface area contributed by atoms with Crippen molar-refractivity contribution in [3.8, 4) is 5.75 Å². The van der Waals surface area contributed by atoms with Crippen LogP contribution < -0.4 is 20.7 Å². The summed E-state index contributed by atoms with van der Waals surface area (Å²) in [4.78, 5) is 2.00. The minimum absolute atomic E-state index is 0.147. The van der Waals surface area contributed by atoms with Crippen LogP contribution in [-0.2, 0) is 6.54 Å². The Labute approximate surface area is 157 Å². The standard InChI is InChI=1S/C20H24F3N3O/c1-27-19-12-14(13-24)2-7-18(19)25-16-3-5-17(6-4-16)26-10-8-15(9-11-26)20(21,22)23/h2-7,12,15,25H,8-11,13,24H2,1H3. The molecule has 0 spiro atoms. The summed E-state index contributed by atoms with van der Waals surface area (Å²) in [6.07, 6.45) is -3.79. The van der Waals surface area contributed by atoms with Crippen LogP contribution in [0.3, 0.4) is 0 Å². The van der Waals surface area contributed by atoms with E-state index in [9.17, 15) is 13.2 Å². The van der Waals surface area contributed by atoms with Gasteiger partial charge in [0.05, 0.1) is 18.7 Å². The number of benzene rings is 2. The Kier molecular flexibility index (Phi) is 5.79. The van der Waals surface area contributed by atoms with Crippen molar-refractivity contribution in [2.45, 2.75) is 25.6 Å². The first-order valence-corrected chi connectivity index (χ1v) is 8.96. The molecule has 1 aliphatic rings. The Morgan fingerprint density at radius 2 is 1.78 bits per heavy atom. The number of rotatable bonds is 5. The Morgan fingerprint density at radius 1 is 1.11 bits per heavy atom. The van der Waals surface area contributed by atoms with Crippen molar-refractivity contribution in [2.24, 2.45) is 11.7 Å². The number of halogens is 3. The lowest BCUT2D eigenvalue weighted by atomic mass is 9.96. The van der Waals surface area contributed by atoms with Gasteiger partial charge in [0.2, 0.25) is 0 Å². The van der Waals surface area contributed by atoms with Crippen LogP contribution in [0.4, 0.5) is 30.2 Å². The van der Waals surface area contributed by atoms with Crippen LogP contribution in [0.2, 0.25) is 0 Å². The van der Waals surface area contributed by atoms with E-state index in [0.29, 0.717) is 25.4 Å². The molecule has 0 saturated carbocycles. The van der Waals surface area contributed by atoms with Crippen LogP contribution in [0.1, 0.15) is 18.4 Å². The Balaban J connectivity index is 1.65. The van der Waals surface area contributed by atoms with E-state index >= 15 is 0 Å². The topological polar surface area (TPSA) is 50.5 Å². The molecule has 2 aromatic carbocycles. The van der Waals surface area contributed by atoms with Crippen molar-refractivity contribution in [3.05, 3.63) is 48.0 Å². The van der Waals surface area contributed by atoms with Crippen molar-refractivity contribution in [3.63, 3.8) is 0 Å². The molecule has 0 amide bonds. The van der Waals surface area contributed by atoms with E-state index in [0.717, 1.165) is 22.6 Å². The largest absolute Gasteiger partial charge is 0.495 e. The third-order valence-corrected chi connectivity index (χ3v) is 4.97. The lowest BCUT2D eigenvalue weighted by molar-refractivity contribution is -0.179. The summed E-state index contributed by atoms with van der Waals surface area (Å²) in [7, 11) is 1.61. The predicted octanol–water partition coefficient (Wildman–Crippen LogP) is 4.68. The summed E-state index contributed by atoms with van der Waals surface area (Å²) in [6.45, 7) is 1.28. The molecular weight excluding hydrogens is 355 g/mol. The van der Waals surface area contributed by atoms with Crippen molar-refractivity contribution >= 4 is 17.1 Å². The maximum absolute atomic E-state index is 12.8. The Morgan fingerprint density at radius 3 is 2.33 bits per heavy atom. The number of nitrogens with one attached hydrogen (secondary N) is 1. The van der Waals surface area contributed by atoms with Crippen molar-refractivity contribution in [1.29, 1.82) is 0 Å². The van der Waals surface area contributed by atoms with Gasteiger partial charge in [-0.05, 0) is 54.8 Å². The van der Waals surface area contributed by atoms with E-state index in [1.54, 1.807) is 7.11 Å². The molecule has 1 heterocycles. The Hall–Kier alpha value is -2.41. The van der Waals surface area contributed by atoms with E-state index in [-0.39, 0.29) is 12.8 Å². The third kappa shape index (κ3) is 4.66. The molecule has 0 aromatic heterocycles. The van der Waals surface area contributed by atoms with Crippen molar-refractivity contribution in [2.75, 3.05) is 30.4 Å². The number of anilines is 3. The molecular formula is C20H24F3N3O. The molecule has 0 bridgehead atoms. The van der Waals surface area contributed by atoms with Crippen LogP contribution in [0.15, 0.2) is 42.5 Å². The molecule has 1 aliphatic heterocycles. The summed E-state index contributed by atoms with van der Waals surface area (Å²) in [5, 5.41) is 3.30. The normalized spacial score (nSPS) is 15.7. The maximum atomic E-state index is 12.8. The van der Waals surface area contributed by atoms with E-state index in [4.69, 9.17) is 10.5 Å². The molecule has 3 rings (SSSR count). The molecule has 0 aliphatic carbocycles. The lowest BCUT2D eigenvalue weighted by Crippen LogP contribution is -2.38. The first-order chi connectivity index (χ1) is 12.9. The van der Waals surface area contributed by atoms with Crippen LogP contribution in [0, 0.1) is 5.92 Å². The Bertz CT molecular complexity index is 754. The lowest BCUT2D eigenvalue weighted by Gasteiger charge is -2.34. The summed E-state index contributed by atoms with van der Waals surface area (Å²) in [5.41, 5.74) is 9.28. The monoisotopic (exact) mass is 379 g/mol. The van der Waals surface area contributed by atoms with Gasteiger partial charge in [0, 0.05) is 31.0 Å². The molecule has 0 unspecified atom stereocenters. The van der Waals surface area contributed by atoms with Crippen LogP contribution in [0.25, 0.3) is 0 Å². The number of methoxy groups -OCH3 is 1. The summed E-state index contributed by atoms with van der Waals surface area (Å²) in [5.74, 6) is -0.477. The molecule has 146 valence electrons. The van der Waals surface area contributed by atoms with E-state index in [1.807, 2.05) is 47.4 Å². The van der Waals surface area contributed by atoms with Crippen LogP contribution >= 0.6 is 0 Å². The second-order valence-corrected chi connectivity index (χ2v) is 6.71. The minimum atomic E-state index is -4.08. The minimum Gasteiger partial charge on any atom is -0.495 e. The van der Waals surface area contributed by atoms with Crippen molar-refractivity contribution < 1.29 is 17.9 Å². The second-order valence-electron chi connectivity index (χ2n) is 6.71. The first kappa shape index (κ1) is 19.4. The average molecular weight is 379 g/mol. The highest BCUT2D eigenvalue weighted by Crippen LogP contribution is 2.36. The number of ether oxygens (including phenoxy) is 1. The fourth-order valence-electron chi connectivity index (χ4n) is 3.34. The number of alkyl halides is 3. The second kappa shape index (κ2) is 8.08. The molecule has 1 fully saturated rings. The molecule has 1 saturated heterocycles. The maximum Gasteiger partial charge on any atom is 0.391 e. The molecule has 0 radical (unpaired) electrons. The fourth-order valence-corrected chi connectivity index (χ4v) is 3.34. The van der Waals surface area contributed by atoms with Gasteiger partial charge in [-0.2, -0.15) is 13.2 Å². The first-order valence-electron chi connectivity index (χ1n) is 8.96. The zero-order chi connectivity index (χ0) is 19.4. The highest BCUT2D eigenvalue weighted by atomic mass is 19.4. The average Bonchev–Trinajstić information content (AvgIpc) is 2.68. The van der Waals surface area contributed by atoms with E-state index in [2.05, 4.69) is 5.32 Å². The van der Waals surface area contributed by atoms with Crippen LogP contribution in [0.5, 0.6) is 5.75 Å². The quantitative estimate of drug-likeness (QED) is 0.792. The van der Waals surface area contributed by atoms with E-state index in [1.165, 1.54) is 0 Å². The SMILES string of the molecule is COc1cc(CN)ccc1Nc1ccc(N2CCC(C(F)(F)F)CC2)cc1. The summed E-state index contributed by atoms with van der Waals surface area (Å²) in [6, 6.07) is 13.4. The highest BCUT2D eigenvalue weighted by Gasteiger charge is 2.41. The number of nitrogens with two attached hydrogens (primary N) is 1. The van der Waals surface area contributed by atoms with Gasteiger partial charge in [-0.3, -0.25) is 0 Å². The predicted molar refractivity (Wildman–Crippen MR) is 102 cm³/mol. The van der Waals surface area contributed by atoms with Gasteiger partial charge in [0.1, 0.15) is 5.75 Å². The zero-order valence-electron chi connectivity index (χ0n) is 15.2. The third-order valence-electron chi connectivity index (χ3n) is 4.97. The van der Waals surface area contributed by atoms with Crippen molar-refractivity contribution in [1.82, 2.24) is 0 Å². The molecule has 7 heteroatoms. The zero-order valence-corrected chi connectivity index (χ0v) is 15.2. The van der Waals surface area contributed by atoms with Crippen LogP contribution in [-0.4, -0.2) is 26.4 Å². The number of piperidine rings is 1. The van der Waals surface area contributed by atoms with Gasteiger partial charge in [-0.25, -0.2) is 0 Å². The fraction of sp³-hybridized carbons (Fsp3) is 0.400. The van der Waals surface area contributed by atoms with Gasteiger partial charge in [0.15, 0.2) is 0 Å². The van der Waals surface area contributed by atoms with Gasteiger partial charge in [-0.1, -0.05) is 6.07 Å². The number of hydrogen-bond donors (Lipinski definition) is 2. The smallest absolute Gasteiger partial charge is 0.391 e. The molecule has 0 atom stereocenters. The number of nitrogens with zero attached hydrogens (tertiary/aromatic N) is 1. The summed E-state index contributed by atoms with van der Waals surface area (Å²) >= 11 is 0.